The lowest BCUT2D eigenvalue weighted by Crippen LogP contribution is -2.47. The molecule has 150 valence electrons. The van der Waals surface area contributed by atoms with E-state index in [2.05, 4.69) is 10.2 Å². The van der Waals surface area contributed by atoms with Gasteiger partial charge in [0.1, 0.15) is 5.82 Å². The largest absolute Gasteiger partial charge is 0.493 e. The highest BCUT2D eigenvalue weighted by molar-refractivity contribution is 5.85. The van der Waals surface area contributed by atoms with Gasteiger partial charge >= 0.3 is 0 Å². The second-order valence-electron chi connectivity index (χ2n) is 6.41. The molecule has 2 saturated heterocycles. The molecule has 0 radical (unpaired) electrons. The minimum Gasteiger partial charge on any atom is -0.493 e. The first kappa shape index (κ1) is 23.2. The number of methoxy groups -OCH3 is 2. The molecule has 5 nitrogen and oxygen atoms in total. The molecule has 1 N–H and O–H groups in total. The summed E-state index contributed by atoms with van der Waals surface area (Å²) >= 11 is 0. The van der Waals surface area contributed by atoms with Crippen LogP contribution < -0.4 is 14.8 Å². The number of piperazine rings is 1. The van der Waals surface area contributed by atoms with E-state index in [9.17, 15) is 4.39 Å². The third kappa shape index (κ3) is 5.14. The molecule has 0 amide bonds. The van der Waals surface area contributed by atoms with Gasteiger partial charge in [0, 0.05) is 57.1 Å². The summed E-state index contributed by atoms with van der Waals surface area (Å²) in [5, 5.41) is 3.37. The van der Waals surface area contributed by atoms with E-state index in [4.69, 9.17) is 14.2 Å². The van der Waals surface area contributed by atoms with Crippen LogP contribution in [0.3, 0.4) is 0 Å². The Hall–Kier alpha value is -0.790. The Morgan fingerprint density at radius 1 is 1.08 bits per heavy atom. The summed E-state index contributed by atoms with van der Waals surface area (Å²) < 4.78 is 31.1. The van der Waals surface area contributed by atoms with E-state index >= 15 is 0 Å². The summed E-state index contributed by atoms with van der Waals surface area (Å²) in [4.78, 5) is 2.40. The van der Waals surface area contributed by atoms with Gasteiger partial charge in [-0.3, -0.25) is 4.90 Å². The van der Waals surface area contributed by atoms with Gasteiger partial charge in [0.2, 0.25) is 0 Å². The molecule has 3 rings (SSSR count). The van der Waals surface area contributed by atoms with E-state index in [1.165, 1.54) is 13.2 Å². The van der Waals surface area contributed by atoms with Crippen molar-refractivity contribution >= 4 is 24.8 Å². The molecule has 0 bridgehead atoms. The lowest BCUT2D eigenvalue weighted by atomic mass is 9.85. The number of hydrogen-bond acceptors (Lipinski definition) is 5. The van der Waals surface area contributed by atoms with Crippen molar-refractivity contribution in [3.8, 4) is 11.5 Å². The van der Waals surface area contributed by atoms with E-state index in [-0.39, 0.29) is 36.7 Å². The predicted molar refractivity (Wildman–Crippen MR) is 105 cm³/mol. The average molecular weight is 411 g/mol. The van der Waals surface area contributed by atoms with Gasteiger partial charge in [-0.2, -0.15) is 0 Å². The first-order valence-electron chi connectivity index (χ1n) is 8.68. The highest BCUT2D eigenvalue weighted by atomic mass is 35.5. The van der Waals surface area contributed by atoms with Crippen LogP contribution in [0.15, 0.2) is 12.1 Å². The molecule has 2 aliphatic heterocycles. The molecule has 0 aliphatic carbocycles. The van der Waals surface area contributed by atoms with Gasteiger partial charge in [0.25, 0.3) is 0 Å². The Balaban J connectivity index is 0.00000169. The van der Waals surface area contributed by atoms with Crippen LogP contribution in [0, 0.1) is 11.7 Å². The molecule has 8 heteroatoms. The number of halogens is 3. The number of rotatable bonds is 5. The maximum absolute atomic E-state index is 14.9. The SMILES string of the molecule is COc1cc(F)c([C@H](C2CCOCC2)N2CCNCC2)cc1OC.Cl.Cl. The van der Waals surface area contributed by atoms with Gasteiger partial charge in [-0.25, -0.2) is 4.39 Å². The Bertz CT molecular complexity index is 535. The van der Waals surface area contributed by atoms with Crippen LogP contribution >= 0.6 is 24.8 Å². The quantitative estimate of drug-likeness (QED) is 0.807. The molecule has 26 heavy (non-hydrogen) atoms. The van der Waals surface area contributed by atoms with E-state index in [0.29, 0.717) is 23.0 Å². The summed E-state index contributed by atoms with van der Waals surface area (Å²) in [6.07, 6.45) is 1.92. The summed E-state index contributed by atoms with van der Waals surface area (Å²) in [5.41, 5.74) is 0.710. The minimum absolute atomic E-state index is 0. The summed E-state index contributed by atoms with van der Waals surface area (Å²) in [7, 11) is 3.12. The van der Waals surface area contributed by atoms with Gasteiger partial charge in [-0.05, 0) is 24.8 Å². The van der Waals surface area contributed by atoms with Crippen molar-refractivity contribution in [1.29, 1.82) is 0 Å². The molecule has 2 fully saturated rings. The number of nitrogens with zero attached hydrogens (tertiary/aromatic N) is 1. The molecule has 1 aromatic rings. The van der Waals surface area contributed by atoms with E-state index in [1.807, 2.05) is 6.07 Å². The molecule has 1 atom stereocenters. The standard InChI is InChI=1S/C18H27FN2O3.2ClH/c1-22-16-11-14(15(19)12-17(16)23-2)18(13-3-9-24-10-4-13)21-7-5-20-6-8-21;;/h11-13,18,20H,3-10H2,1-2H3;2*1H/t18-;;/m0../s1. The van der Waals surface area contributed by atoms with E-state index in [0.717, 1.165) is 52.2 Å². The van der Waals surface area contributed by atoms with Crippen molar-refractivity contribution in [3.63, 3.8) is 0 Å². The number of hydrogen-bond donors (Lipinski definition) is 1. The zero-order valence-corrected chi connectivity index (χ0v) is 17.0. The maximum Gasteiger partial charge on any atom is 0.163 e. The highest BCUT2D eigenvalue weighted by Crippen LogP contribution is 2.40. The number of benzene rings is 1. The van der Waals surface area contributed by atoms with E-state index in [1.54, 1.807) is 7.11 Å². The Kier molecular flexibility index (Phi) is 9.97. The molecule has 1 aromatic carbocycles. The molecule has 2 aliphatic rings. The maximum atomic E-state index is 14.9. The molecular weight excluding hydrogens is 382 g/mol. The third-order valence-corrected chi connectivity index (χ3v) is 5.08. The number of ether oxygens (including phenoxy) is 3. The average Bonchev–Trinajstić information content (AvgIpc) is 2.64. The van der Waals surface area contributed by atoms with Gasteiger partial charge in [0.05, 0.1) is 14.2 Å². The van der Waals surface area contributed by atoms with Gasteiger partial charge in [0.15, 0.2) is 11.5 Å². The van der Waals surface area contributed by atoms with Crippen LogP contribution in [0.1, 0.15) is 24.4 Å². The molecule has 0 aromatic heterocycles. The molecule has 0 unspecified atom stereocenters. The van der Waals surface area contributed by atoms with Gasteiger partial charge in [-0.1, -0.05) is 0 Å². The topological polar surface area (TPSA) is 43.0 Å². The predicted octanol–water partition coefficient (Wildman–Crippen LogP) is 3.06. The van der Waals surface area contributed by atoms with Crippen molar-refractivity contribution in [2.75, 3.05) is 53.6 Å². The summed E-state index contributed by atoms with van der Waals surface area (Å²) in [6, 6.07) is 3.31. The Morgan fingerprint density at radius 2 is 1.65 bits per heavy atom. The van der Waals surface area contributed by atoms with Crippen LogP contribution in [0.5, 0.6) is 11.5 Å². The summed E-state index contributed by atoms with van der Waals surface area (Å²) in [5.74, 6) is 1.19. The van der Waals surface area contributed by atoms with Gasteiger partial charge < -0.3 is 19.5 Å². The molecular formula is C18H29Cl2FN2O3. The third-order valence-electron chi connectivity index (χ3n) is 5.08. The van der Waals surface area contributed by atoms with Crippen molar-refractivity contribution in [1.82, 2.24) is 10.2 Å². The van der Waals surface area contributed by atoms with Crippen LogP contribution in [-0.2, 0) is 4.74 Å². The van der Waals surface area contributed by atoms with Gasteiger partial charge in [-0.15, -0.1) is 24.8 Å². The fourth-order valence-corrected chi connectivity index (χ4v) is 3.84. The normalized spacial score (nSPS) is 19.8. The zero-order valence-electron chi connectivity index (χ0n) is 15.3. The Morgan fingerprint density at radius 3 is 2.23 bits per heavy atom. The second-order valence-corrected chi connectivity index (χ2v) is 6.41. The van der Waals surface area contributed by atoms with Crippen LogP contribution in [-0.4, -0.2) is 58.5 Å². The lowest BCUT2D eigenvalue weighted by molar-refractivity contribution is 0.0202. The van der Waals surface area contributed by atoms with Crippen LogP contribution in [0.2, 0.25) is 0 Å². The lowest BCUT2D eigenvalue weighted by Gasteiger charge is -2.41. The first-order valence-corrected chi connectivity index (χ1v) is 8.68. The van der Waals surface area contributed by atoms with Crippen LogP contribution in [0.4, 0.5) is 4.39 Å². The van der Waals surface area contributed by atoms with Crippen LogP contribution in [0.25, 0.3) is 0 Å². The minimum atomic E-state index is -0.220. The second kappa shape index (κ2) is 11.1. The van der Waals surface area contributed by atoms with E-state index < -0.39 is 0 Å². The fourth-order valence-electron chi connectivity index (χ4n) is 3.84. The van der Waals surface area contributed by atoms with Crippen molar-refractivity contribution in [3.05, 3.63) is 23.5 Å². The van der Waals surface area contributed by atoms with Crippen molar-refractivity contribution in [2.24, 2.45) is 5.92 Å². The monoisotopic (exact) mass is 410 g/mol. The summed E-state index contributed by atoms with van der Waals surface area (Å²) in [6.45, 7) is 5.24. The Labute approximate surface area is 167 Å². The van der Waals surface area contributed by atoms with Crippen molar-refractivity contribution in [2.45, 2.75) is 18.9 Å². The first-order chi connectivity index (χ1) is 11.7. The fraction of sp³-hybridized carbons (Fsp3) is 0.667. The molecule has 0 spiro atoms. The number of nitrogens with one attached hydrogen (secondary N) is 1. The van der Waals surface area contributed by atoms with Crippen molar-refractivity contribution < 1.29 is 18.6 Å². The zero-order chi connectivity index (χ0) is 16.9. The molecule has 0 saturated carbocycles. The molecule has 2 heterocycles. The smallest absolute Gasteiger partial charge is 0.163 e. The highest BCUT2D eigenvalue weighted by Gasteiger charge is 2.33.